The lowest BCUT2D eigenvalue weighted by molar-refractivity contribution is 0.340. The maximum Gasteiger partial charge on any atom is 0.120 e. The van der Waals surface area contributed by atoms with Crippen molar-refractivity contribution in [2.24, 2.45) is 5.84 Å². The van der Waals surface area contributed by atoms with Crippen molar-refractivity contribution in [2.45, 2.75) is 6.92 Å². The van der Waals surface area contributed by atoms with Crippen LogP contribution in [0.25, 0.3) is 0 Å². The van der Waals surface area contributed by atoms with Crippen LogP contribution in [0.3, 0.4) is 0 Å². The summed E-state index contributed by atoms with van der Waals surface area (Å²) in [7, 11) is 0. The second-order valence-corrected chi connectivity index (χ2v) is 2.63. The summed E-state index contributed by atoms with van der Waals surface area (Å²) < 4.78 is 5.23. The van der Waals surface area contributed by atoms with E-state index in [1.54, 1.807) is 12.1 Å². The maximum atomic E-state index is 5.84. The monoisotopic (exact) mass is 222 g/mol. The standard InChI is InChI=1S/C8H11ClN2O.ClH/c1-2-12-6-3-4-8(11-10)7(9)5-6;/h3-5,11H,2,10H2,1H3;1H. The van der Waals surface area contributed by atoms with E-state index in [2.05, 4.69) is 5.43 Å². The summed E-state index contributed by atoms with van der Waals surface area (Å²) in [6.45, 7) is 2.55. The average Bonchev–Trinajstić information content (AvgIpc) is 2.05. The van der Waals surface area contributed by atoms with Gasteiger partial charge in [0.1, 0.15) is 5.75 Å². The minimum absolute atomic E-state index is 0. The molecule has 1 rings (SSSR count). The normalized spacial score (nSPS) is 8.85. The van der Waals surface area contributed by atoms with Crippen LogP contribution < -0.4 is 16.0 Å². The quantitative estimate of drug-likeness (QED) is 0.611. The van der Waals surface area contributed by atoms with Crippen molar-refractivity contribution in [1.29, 1.82) is 0 Å². The Labute approximate surface area is 88.6 Å². The molecule has 13 heavy (non-hydrogen) atoms. The van der Waals surface area contributed by atoms with Gasteiger partial charge in [-0.25, -0.2) is 0 Å². The molecule has 0 saturated heterocycles. The molecule has 3 nitrogen and oxygen atoms in total. The van der Waals surface area contributed by atoms with E-state index >= 15 is 0 Å². The fourth-order valence-corrected chi connectivity index (χ4v) is 1.09. The first-order chi connectivity index (χ1) is 5.77. The number of nitrogens with two attached hydrogens (primary N) is 1. The number of ether oxygens (including phenoxy) is 1. The van der Waals surface area contributed by atoms with Crippen molar-refractivity contribution in [3.05, 3.63) is 23.2 Å². The third kappa shape index (κ3) is 3.30. The molecule has 0 fully saturated rings. The molecule has 3 N–H and O–H groups in total. The van der Waals surface area contributed by atoms with Gasteiger partial charge in [0.15, 0.2) is 0 Å². The van der Waals surface area contributed by atoms with Gasteiger partial charge in [0.2, 0.25) is 0 Å². The van der Waals surface area contributed by atoms with Crippen LogP contribution in [0.15, 0.2) is 18.2 Å². The van der Waals surface area contributed by atoms with Crippen LogP contribution in [-0.2, 0) is 0 Å². The first-order valence-electron chi connectivity index (χ1n) is 3.67. The predicted octanol–water partition coefficient (Wildman–Crippen LogP) is 2.45. The van der Waals surface area contributed by atoms with Gasteiger partial charge in [-0.15, -0.1) is 12.4 Å². The van der Waals surface area contributed by atoms with E-state index in [1.807, 2.05) is 13.0 Å². The van der Waals surface area contributed by atoms with Gasteiger partial charge in [0.25, 0.3) is 0 Å². The molecule has 0 aromatic heterocycles. The van der Waals surface area contributed by atoms with Crippen LogP contribution >= 0.6 is 24.0 Å². The van der Waals surface area contributed by atoms with Gasteiger partial charge in [-0.05, 0) is 19.1 Å². The summed E-state index contributed by atoms with van der Waals surface area (Å²) in [5.74, 6) is 5.95. The minimum atomic E-state index is 0. The topological polar surface area (TPSA) is 47.3 Å². The van der Waals surface area contributed by atoms with Crippen molar-refractivity contribution in [3.8, 4) is 5.75 Å². The van der Waals surface area contributed by atoms with Crippen LogP contribution in [-0.4, -0.2) is 6.61 Å². The van der Waals surface area contributed by atoms with E-state index in [0.717, 1.165) is 5.75 Å². The van der Waals surface area contributed by atoms with Crippen LogP contribution in [0.4, 0.5) is 5.69 Å². The number of hydrazine groups is 1. The summed E-state index contributed by atoms with van der Waals surface area (Å²) in [6.07, 6.45) is 0. The Bertz CT molecular complexity index is 268. The molecule has 0 saturated carbocycles. The first-order valence-corrected chi connectivity index (χ1v) is 4.04. The Morgan fingerprint density at radius 1 is 1.54 bits per heavy atom. The molecule has 0 amide bonds. The van der Waals surface area contributed by atoms with Crippen molar-refractivity contribution in [2.75, 3.05) is 12.0 Å². The molecule has 0 aliphatic carbocycles. The van der Waals surface area contributed by atoms with Gasteiger partial charge in [-0.2, -0.15) is 0 Å². The molecule has 1 aromatic carbocycles. The second kappa shape index (κ2) is 5.91. The van der Waals surface area contributed by atoms with Crippen molar-refractivity contribution >= 4 is 29.7 Å². The number of anilines is 1. The minimum Gasteiger partial charge on any atom is -0.494 e. The molecule has 0 radical (unpaired) electrons. The van der Waals surface area contributed by atoms with Crippen LogP contribution in [0, 0.1) is 0 Å². The lowest BCUT2D eigenvalue weighted by atomic mass is 10.3. The Kier molecular flexibility index (Phi) is 5.62. The summed E-state index contributed by atoms with van der Waals surface area (Å²) in [5.41, 5.74) is 3.17. The molecule has 0 atom stereocenters. The molecule has 0 heterocycles. The lowest BCUT2D eigenvalue weighted by Crippen LogP contribution is -2.07. The Hall–Kier alpha value is -0.640. The van der Waals surface area contributed by atoms with Gasteiger partial charge in [0, 0.05) is 6.07 Å². The Morgan fingerprint density at radius 2 is 2.23 bits per heavy atom. The third-order valence-corrected chi connectivity index (χ3v) is 1.72. The highest BCUT2D eigenvalue weighted by Gasteiger charge is 1.99. The Morgan fingerprint density at radius 3 is 2.69 bits per heavy atom. The number of hydrogen-bond donors (Lipinski definition) is 2. The van der Waals surface area contributed by atoms with Gasteiger partial charge >= 0.3 is 0 Å². The number of halogens is 2. The van der Waals surface area contributed by atoms with Crippen molar-refractivity contribution in [1.82, 2.24) is 0 Å². The number of nitrogen functional groups attached to an aromatic ring is 1. The zero-order chi connectivity index (χ0) is 8.97. The largest absolute Gasteiger partial charge is 0.494 e. The molecule has 0 aliphatic heterocycles. The fraction of sp³-hybridized carbons (Fsp3) is 0.250. The number of rotatable bonds is 3. The zero-order valence-corrected chi connectivity index (χ0v) is 8.78. The molecule has 0 spiro atoms. The number of nitrogens with one attached hydrogen (secondary N) is 1. The summed E-state index contributed by atoms with van der Waals surface area (Å²) in [5, 5.41) is 0.559. The average molecular weight is 223 g/mol. The van der Waals surface area contributed by atoms with Crippen LogP contribution in [0.5, 0.6) is 5.75 Å². The van der Waals surface area contributed by atoms with Gasteiger partial charge < -0.3 is 10.2 Å². The highest BCUT2D eigenvalue weighted by molar-refractivity contribution is 6.33. The van der Waals surface area contributed by atoms with Crippen LogP contribution in [0.2, 0.25) is 5.02 Å². The maximum absolute atomic E-state index is 5.84. The van der Waals surface area contributed by atoms with E-state index in [4.69, 9.17) is 22.2 Å². The zero-order valence-electron chi connectivity index (χ0n) is 7.21. The highest BCUT2D eigenvalue weighted by Crippen LogP contribution is 2.25. The van der Waals surface area contributed by atoms with E-state index in [-0.39, 0.29) is 12.4 Å². The first kappa shape index (κ1) is 12.4. The van der Waals surface area contributed by atoms with Crippen LogP contribution in [0.1, 0.15) is 6.92 Å². The fourth-order valence-electron chi connectivity index (χ4n) is 0.869. The molecule has 74 valence electrons. The SMILES string of the molecule is CCOc1ccc(NN)c(Cl)c1.Cl. The molecule has 1 aromatic rings. The highest BCUT2D eigenvalue weighted by atomic mass is 35.5. The predicted molar refractivity (Wildman–Crippen MR) is 57.7 cm³/mol. The van der Waals surface area contributed by atoms with E-state index in [0.29, 0.717) is 17.3 Å². The van der Waals surface area contributed by atoms with Gasteiger partial charge in [-0.3, -0.25) is 5.84 Å². The van der Waals surface area contributed by atoms with E-state index < -0.39 is 0 Å². The van der Waals surface area contributed by atoms with Crippen molar-refractivity contribution in [3.63, 3.8) is 0 Å². The summed E-state index contributed by atoms with van der Waals surface area (Å²) >= 11 is 5.84. The van der Waals surface area contributed by atoms with Gasteiger partial charge in [0.05, 0.1) is 17.3 Å². The summed E-state index contributed by atoms with van der Waals surface area (Å²) in [6, 6.07) is 5.30. The lowest BCUT2D eigenvalue weighted by Gasteiger charge is -2.06. The molecule has 0 unspecified atom stereocenters. The second-order valence-electron chi connectivity index (χ2n) is 2.22. The molecule has 5 heteroatoms. The molecular formula is C8H12Cl2N2O. The van der Waals surface area contributed by atoms with Crippen molar-refractivity contribution < 1.29 is 4.74 Å². The Balaban J connectivity index is 0.00000144. The number of benzene rings is 1. The summed E-state index contributed by atoms with van der Waals surface area (Å²) in [4.78, 5) is 0. The molecule has 0 aliphatic rings. The van der Waals surface area contributed by atoms with E-state index in [9.17, 15) is 0 Å². The van der Waals surface area contributed by atoms with E-state index in [1.165, 1.54) is 0 Å². The molecular weight excluding hydrogens is 211 g/mol. The third-order valence-electron chi connectivity index (χ3n) is 1.41. The smallest absolute Gasteiger partial charge is 0.120 e. The molecule has 0 bridgehead atoms. The number of hydrogen-bond acceptors (Lipinski definition) is 3. The van der Waals surface area contributed by atoms with Gasteiger partial charge in [-0.1, -0.05) is 11.6 Å².